The number of nitrogens with zero attached hydrogens (tertiary/aromatic N) is 4. The van der Waals surface area contributed by atoms with Crippen LogP contribution in [0, 0.1) is 0 Å². The highest BCUT2D eigenvalue weighted by Crippen LogP contribution is 2.41. The monoisotopic (exact) mass is 1130 g/mol. The van der Waals surface area contributed by atoms with Crippen LogP contribution in [-0.2, 0) is 28.7 Å². The van der Waals surface area contributed by atoms with Gasteiger partial charge in [0.2, 0.25) is 23.5 Å². The minimum atomic E-state index is -0.757. The summed E-state index contributed by atoms with van der Waals surface area (Å²) in [5.74, 6) is -2.41. The maximum absolute atomic E-state index is 13.6. The molecule has 3 heterocycles. The minimum Gasteiger partial charge on any atom is -0.504 e. The first-order valence-corrected chi connectivity index (χ1v) is 26.7. The number of para-hydroxylation sites is 1. The Morgan fingerprint density at radius 2 is 1.27 bits per heavy atom. The van der Waals surface area contributed by atoms with E-state index in [2.05, 4.69) is 57.8 Å². The first-order valence-electron chi connectivity index (χ1n) is 25.8. The molecule has 24 nitrogen and oxygen atoms in total. The number of phenols is 1. The number of likely N-dealkylation sites (N-methyl/N-ethyl adjacent to an activating group) is 2. The highest BCUT2D eigenvalue weighted by molar-refractivity contribution is 8.08. The van der Waals surface area contributed by atoms with Crippen LogP contribution in [0.1, 0.15) is 34.0 Å². The number of aliphatic imine (C=N–C) groups is 2. The lowest BCUT2D eigenvalue weighted by Gasteiger charge is -2.22. The number of thioether (sulfide) groups is 1. The van der Waals surface area contributed by atoms with E-state index in [1.54, 1.807) is 49.4 Å². The van der Waals surface area contributed by atoms with Gasteiger partial charge in [-0.05, 0) is 110 Å². The molecule has 10 N–H and O–H groups in total. The molecule has 0 aliphatic carbocycles. The summed E-state index contributed by atoms with van der Waals surface area (Å²) in [6, 6.07) is 30.5. The molecule has 0 saturated heterocycles. The molecule has 0 aromatic heterocycles. The molecule has 8 rings (SSSR count). The van der Waals surface area contributed by atoms with Crippen molar-refractivity contribution >= 4 is 105 Å². The Labute approximate surface area is 475 Å². The van der Waals surface area contributed by atoms with E-state index in [0.29, 0.717) is 40.7 Å². The van der Waals surface area contributed by atoms with Crippen molar-refractivity contribution in [1.29, 1.82) is 0 Å². The van der Waals surface area contributed by atoms with Crippen LogP contribution in [0.4, 0.5) is 38.0 Å². The van der Waals surface area contributed by atoms with E-state index in [4.69, 9.17) is 9.47 Å². The third-order valence-corrected chi connectivity index (χ3v) is 13.3. The number of carbonyl (C=O) groups excluding carboxylic acids is 8. The highest BCUT2D eigenvalue weighted by Gasteiger charge is 2.35. The van der Waals surface area contributed by atoms with Gasteiger partial charge in [-0.2, -0.15) is 0 Å². The van der Waals surface area contributed by atoms with Crippen LogP contribution < -0.4 is 52.6 Å². The average molecular weight is 1130 g/mol. The standard InChI is InChI=1S/C57H59N13O11S/c1-4-80-55(77)49-50(75)45(82-54(49)64-38-8-6-5-7-9-38)27-34-10-19-44(43(71)26-34)81-25-24-58-46(72)32-69(2)48(74)33-70(3)47(73)31-63-53(76)37-28-41(67-56(78)65-39-15-11-35(12-16-39)51-59-20-21-60-51)30-42(29-37)68-57(79)66-40-17-13-36(14-18-40)52-61-22-23-62-52/h5-19,26-30,64,71H,4,20-25,31-33H2,1-3H3,(H,58,72)(H,59,60)(H,61,62)(H,63,76)(H2,65,67,78)(H2,66,68,79)/b45-27-. The molecule has 0 atom stereocenters. The number of anilines is 5. The molecule has 8 amide bonds. The molecule has 0 unspecified atom stereocenters. The zero-order valence-corrected chi connectivity index (χ0v) is 45.7. The fourth-order valence-electron chi connectivity index (χ4n) is 8.17. The number of hydrogen-bond acceptors (Lipinski definition) is 17. The Morgan fingerprint density at radius 1 is 0.683 bits per heavy atom. The summed E-state index contributed by atoms with van der Waals surface area (Å²) in [7, 11) is 2.74. The van der Waals surface area contributed by atoms with Crippen LogP contribution >= 0.6 is 11.8 Å². The summed E-state index contributed by atoms with van der Waals surface area (Å²) in [6.07, 6.45) is 1.53. The van der Waals surface area contributed by atoms with Gasteiger partial charge in [0.05, 0.1) is 55.8 Å². The van der Waals surface area contributed by atoms with E-state index in [1.807, 2.05) is 42.5 Å². The SMILES string of the molecule is CCOC(=O)C1=C(Nc2ccccc2)S/C(=C\c2ccc(OCCNC(=O)CN(C)C(=O)CN(C)C(=O)CNC(=O)c3cc(NC(=O)Nc4ccc(C5=NCCN5)cc4)cc(NC(=O)Nc4ccc(C5=NCCN5)cc4)c3)c(O)c2)C1=O. The fourth-order valence-corrected chi connectivity index (χ4v) is 9.22. The number of rotatable bonds is 22. The second kappa shape index (κ2) is 27.6. The third kappa shape index (κ3) is 16.0. The molecule has 424 valence electrons. The summed E-state index contributed by atoms with van der Waals surface area (Å²) in [5, 5.41) is 36.6. The van der Waals surface area contributed by atoms with Gasteiger partial charge < -0.3 is 72.2 Å². The number of phenolic OH excluding ortho intramolecular Hbond substituents is 1. The zero-order chi connectivity index (χ0) is 58.1. The smallest absolute Gasteiger partial charge is 0.344 e. The molecule has 3 aliphatic heterocycles. The van der Waals surface area contributed by atoms with Gasteiger partial charge in [0.25, 0.3) is 5.91 Å². The van der Waals surface area contributed by atoms with Gasteiger partial charge in [0, 0.05) is 72.3 Å². The molecule has 0 saturated carbocycles. The van der Waals surface area contributed by atoms with Crippen LogP contribution in [0.25, 0.3) is 6.08 Å². The van der Waals surface area contributed by atoms with Crippen molar-refractivity contribution in [3.05, 3.63) is 153 Å². The van der Waals surface area contributed by atoms with Crippen molar-refractivity contribution in [2.75, 3.05) is 106 Å². The van der Waals surface area contributed by atoms with Gasteiger partial charge >= 0.3 is 18.0 Å². The van der Waals surface area contributed by atoms with Crippen molar-refractivity contribution in [3.8, 4) is 11.5 Å². The van der Waals surface area contributed by atoms with E-state index in [0.717, 1.165) is 57.4 Å². The Kier molecular flexibility index (Phi) is 19.5. The predicted molar refractivity (Wildman–Crippen MR) is 312 cm³/mol. The number of allylic oxidation sites excluding steroid dienone is 1. The minimum absolute atomic E-state index is 0.000864. The van der Waals surface area contributed by atoms with Crippen molar-refractivity contribution < 1.29 is 52.9 Å². The topological polar surface area (TPSA) is 315 Å². The van der Waals surface area contributed by atoms with Gasteiger partial charge in [0.1, 0.15) is 23.9 Å². The summed E-state index contributed by atoms with van der Waals surface area (Å²) in [6.45, 7) is 3.16. The fraction of sp³-hybridized carbons (Fsp3) is 0.228. The van der Waals surface area contributed by atoms with Crippen LogP contribution in [0.2, 0.25) is 0 Å². The van der Waals surface area contributed by atoms with E-state index in [-0.39, 0.29) is 65.2 Å². The van der Waals surface area contributed by atoms with Crippen LogP contribution in [0.3, 0.4) is 0 Å². The van der Waals surface area contributed by atoms with E-state index < -0.39 is 60.5 Å². The maximum Gasteiger partial charge on any atom is 0.344 e. The highest BCUT2D eigenvalue weighted by atomic mass is 32.2. The molecule has 0 bridgehead atoms. The molecule has 25 heteroatoms. The lowest BCUT2D eigenvalue weighted by Crippen LogP contribution is -2.46. The van der Waals surface area contributed by atoms with E-state index >= 15 is 0 Å². The number of hydrogen-bond donors (Lipinski definition) is 10. The maximum atomic E-state index is 13.6. The number of aromatic hydroxyl groups is 1. The van der Waals surface area contributed by atoms with Crippen molar-refractivity contribution in [2.45, 2.75) is 6.92 Å². The number of ether oxygens (including phenoxy) is 2. The Morgan fingerprint density at radius 3 is 1.83 bits per heavy atom. The Balaban J connectivity index is 0.794. The van der Waals surface area contributed by atoms with Crippen LogP contribution in [0.15, 0.2) is 141 Å². The molecule has 5 aromatic rings. The number of nitrogens with one attached hydrogen (secondary N) is 9. The van der Waals surface area contributed by atoms with Crippen LogP contribution in [-0.4, -0.2) is 154 Å². The number of esters is 1. The lowest BCUT2D eigenvalue weighted by atomic mass is 10.1. The van der Waals surface area contributed by atoms with Gasteiger partial charge in [-0.15, -0.1) is 0 Å². The number of amidine groups is 2. The van der Waals surface area contributed by atoms with Crippen molar-refractivity contribution in [1.82, 2.24) is 31.1 Å². The summed E-state index contributed by atoms with van der Waals surface area (Å²) < 4.78 is 10.8. The number of carbonyl (C=O) groups is 8. The normalized spacial score (nSPS) is 13.8. The van der Waals surface area contributed by atoms with E-state index in [9.17, 15) is 43.5 Å². The summed E-state index contributed by atoms with van der Waals surface area (Å²) in [4.78, 5) is 117. The first kappa shape index (κ1) is 58.0. The van der Waals surface area contributed by atoms with Gasteiger partial charge in [-0.3, -0.25) is 34.0 Å². The Bertz CT molecular complexity index is 3290. The molecule has 0 fully saturated rings. The molecular weight excluding hydrogens is 1070 g/mol. The second-order valence-electron chi connectivity index (χ2n) is 18.4. The lowest BCUT2D eigenvalue weighted by molar-refractivity contribution is -0.139. The molecular formula is C57H59N13O11S. The number of ketones is 1. The number of urea groups is 2. The van der Waals surface area contributed by atoms with Gasteiger partial charge in [-0.1, -0.05) is 36.0 Å². The molecule has 5 aromatic carbocycles. The largest absolute Gasteiger partial charge is 0.504 e. The van der Waals surface area contributed by atoms with Crippen LogP contribution in [0.5, 0.6) is 11.5 Å². The Hall–Kier alpha value is -10.2. The summed E-state index contributed by atoms with van der Waals surface area (Å²) in [5.41, 5.74) is 3.88. The average Bonchev–Trinajstić information content (AvgIpc) is 4.36. The van der Waals surface area contributed by atoms with Gasteiger partial charge in [0.15, 0.2) is 11.5 Å². The van der Waals surface area contributed by atoms with Crippen molar-refractivity contribution in [3.63, 3.8) is 0 Å². The first-order chi connectivity index (χ1) is 39.6. The number of benzene rings is 5. The number of Topliss-reactive ketones (excluding diaryl/α,β-unsaturated/α-hetero) is 1. The molecule has 82 heavy (non-hydrogen) atoms. The third-order valence-electron chi connectivity index (χ3n) is 12.3. The second-order valence-corrected chi connectivity index (χ2v) is 19.4. The molecule has 0 spiro atoms. The quantitative estimate of drug-likeness (QED) is 0.0193. The number of amides is 8. The molecule has 3 aliphatic rings. The summed E-state index contributed by atoms with van der Waals surface area (Å²) >= 11 is 1.06. The van der Waals surface area contributed by atoms with Gasteiger partial charge in [-0.25, -0.2) is 14.4 Å². The van der Waals surface area contributed by atoms with Crippen molar-refractivity contribution in [2.24, 2.45) is 9.98 Å². The van der Waals surface area contributed by atoms with E-state index in [1.165, 1.54) is 50.5 Å². The molecule has 0 radical (unpaired) electrons. The zero-order valence-electron chi connectivity index (χ0n) is 44.8. The predicted octanol–water partition coefficient (Wildman–Crippen LogP) is 4.77.